The largest absolute Gasteiger partial charge is 0.370 e. The molecule has 0 bridgehead atoms. The second-order valence-electron chi connectivity index (χ2n) is 5.25. The Hall–Kier alpha value is -0.0400. The van der Waals surface area contributed by atoms with Gasteiger partial charge in [0.25, 0.3) is 0 Å². The number of nitrogens with zero attached hydrogens (tertiary/aromatic N) is 2. The molecule has 0 amide bonds. The van der Waals surface area contributed by atoms with Gasteiger partial charge in [0.1, 0.15) is 0 Å². The molecule has 1 aliphatic carbocycles. The van der Waals surface area contributed by atoms with Gasteiger partial charge in [0.15, 0.2) is 5.96 Å². The Kier molecular flexibility index (Phi) is 8.11. The Morgan fingerprint density at radius 2 is 2.00 bits per heavy atom. The van der Waals surface area contributed by atoms with Crippen LogP contribution < -0.4 is 11.1 Å². The third-order valence-corrected chi connectivity index (χ3v) is 3.02. The van der Waals surface area contributed by atoms with Crippen LogP contribution in [0.4, 0.5) is 0 Å². The van der Waals surface area contributed by atoms with Crippen LogP contribution in [0, 0.1) is 5.92 Å². The van der Waals surface area contributed by atoms with Crippen molar-refractivity contribution in [2.45, 2.75) is 45.7 Å². The summed E-state index contributed by atoms with van der Waals surface area (Å²) in [5.74, 6) is 1.14. The van der Waals surface area contributed by atoms with Gasteiger partial charge in [-0.15, -0.1) is 24.0 Å². The maximum atomic E-state index is 5.78. The summed E-state index contributed by atoms with van der Waals surface area (Å²) in [7, 11) is 2.19. The zero-order valence-corrected chi connectivity index (χ0v) is 13.8. The molecule has 1 rings (SSSR count). The number of aliphatic imine (C=N–C) groups is 1. The Balaban J connectivity index is 0.00000256. The number of nitrogens with one attached hydrogen (secondary N) is 1. The van der Waals surface area contributed by atoms with E-state index in [1.54, 1.807) is 0 Å². The SMILES string of the molecule is CC(C)CN=C(N)NCC(C)N(C)C1CC1.I. The smallest absolute Gasteiger partial charge is 0.188 e. The summed E-state index contributed by atoms with van der Waals surface area (Å²) in [4.78, 5) is 6.70. The fraction of sp³-hybridized carbons (Fsp3) is 0.917. The monoisotopic (exact) mass is 354 g/mol. The van der Waals surface area contributed by atoms with Gasteiger partial charge in [-0.05, 0) is 32.7 Å². The summed E-state index contributed by atoms with van der Waals surface area (Å²) in [6.07, 6.45) is 2.69. The molecule has 5 heteroatoms. The predicted octanol–water partition coefficient (Wildman–Crippen LogP) is 1.65. The summed E-state index contributed by atoms with van der Waals surface area (Å²) in [6.45, 7) is 8.17. The maximum absolute atomic E-state index is 5.78. The van der Waals surface area contributed by atoms with Crippen molar-refractivity contribution in [3.8, 4) is 0 Å². The number of nitrogens with two attached hydrogens (primary N) is 1. The van der Waals surface area contributed by atoms with Gasteiger partial charge in [0.05, 0.1) is 0 Å². The Labute approximate surface area is 122 Å². The molecule has 0 aromatic carbocycles. The minimum Gasteiger partial charge on any atom is -0.370 e. The summed E-state index contributed by atoms with van der Waals surface area (Å²) in [6, 6.07) is 1.31. The summed E-state index contributed by atoms with van der Waals surface area (Å²) in [5.41, 5.74) is 5.78. The van der Waals surface area contributed by atoms with Crippen molar-refractivity contribution in [1.82, 2.24) is 10.2 Å². The van der Waals surface area contributed by atoms with Crippen LogP contribution in [0.5, 0.6) is 0 Å². The van der Waals surface area contributed by atoms with Crippen LogP contribution in [0.25, 0.3) is 0 Å². The molecule has 1 atom stereocenters. The molecule has 1 saturated carbocycles. The lowest BCUT2D eigenvalue weighted by atomic mass is 10.2. The number of halogens is 1. The molecule has 0 heterocycles. The van der Waals surface area contributed by atoms with E-state index in [1.807, 2.05) is 0 Å². The summed E-state index contributed by atoms with van der Waals surface area (Å²) >= 11 is 0. The van der Waals surface area contributed by atoms with Crippen molar-refractivity contribution >= 4 is 29.9 Å². The molecule has 102 valence electrons. The molecule has 0 saturated heterocycles. The van der Waals surface area contributed by atoms with E-state index in [1.165, 1.54) is 12.8 Å². The highest BCUT2D eigenvalue weighted by Crippen LogP contribution is 2.26. The van der Waals surface area contributed by atoms with Gasteiger partial charge in [0.2, 0.25) is 0 Å². The lowest BCUT2D eigenvalue weighted by Crippen LogP contribution is -2.43. The molecule has 0 radical (unpaired) electrons. The zero-order valence-electron chi connectivity index (χ0n) is 11.4. The van der Waals surface area contributed by atoms with Crippen LogP contribution in [0.1, 0.15) is 33.6 Å². The fourth-order valence-electron chi connectivity index (χ4n) is 1.57. The number of hydrogen-bond acceptors (Lipinski definition) is 2. The van der Waals surface area contributed by atoms with Gasteiger partial charge in [-0.1, -0.05) is 13.8 Å². The molecule has 4 nitrogen and oxygen atoms in total. The first-order valence-electron chi connectivity index (χ1n) is 6.26. The topological polar surface area (TPSA) is 53.6 Å². The van der Waals surface area contributed by atoms with Crippen LogP contribution in [0.2, 0.25) is 0 Å². The van der Waals surface area contributed by atoms with Gasteiger partial charge in [0, 0.05) is 25.2 Å². The Morgan fingerprint density at radius 1 is 1.41 bits per heavy atom. The van der Waals surface area contributed by atoms with E-state index in [-0.39, 0.29) is 24.0 Å². The number of rotatable bonds is 6. The second-order valence-corrected chi connectivity index (χ2v) is 5.25. The third-order valence-electron chi connectivity index (χ3n) is 3.02. The molecular formula is C12H27IN4. The molecule has 1 unspecified atom stereocenters. The first-order valence-corrected chi connectivity index (χ1v) is 6.26. The van der Waals surface area contributed by atoms with Crippen LogP contribution in [0.3, 0.4) is 0 Å². The predicted molar refractivity (Wildman–Crippen MR) is 85.0 cm³/mol. The average molecular weight is 354 g/mol. The molecule has 0 aromatic heterocycles. The third kappa shape index (κ3) is 7.08. The quantitative estimate of drug-likeness (QED) is 0.433. The van der Waals surface area contributed by atoms with E-state index in [0.717, 1.165) is 19.1 Å². The van der Waals surface area contributed by atoms with E-state index in [4.69, 9.17) is 5.73 Å². The van der Waals surface area contributed by atoms with Gasteiger partial charge in [-0.25, -0.2) is 0 Å². The minimum absolute atomic E-state index is 0. The Morgan fingerprint density at radius 3 is 2.47 bits per heavy atom. The summed E-state index contributed by atoms with van der Waals surface area (Å²) < 4.78 is 0. The maximum Gasteiger partial charge on any atom is 0.188 e. The molecule has 0 aromatic rings. The van der Waals surface area contributed by atoms with Gasteiger partial charge in [-0.2, -0.15) is 0 Å². The minimum atomic E-state index is 0. The van der Waals surface area contributed by atoms with E-state index in [9.17, 15) is 0 Å². The number of hydrogen-bond donors (Lipinski definition) is 2. The standard InChI is InChI=1S/C12H26N4.HI/c1-9(2)7-14-12(13)15-8-10(3)16(4)11-5-6-11;/h9-11H,5-8H2,1-4H3,(H3,13,14,15);1H. The highest BCUT2D eigenvalue weighted by Gasteiger charge is 2.28. The van der Waals surface area contributed by atoms with Crippen molar-refractivity contribution in [2.24, 2.45) is 16.6 Å². The van der Waals surface area contributed by atoms with Gasteiger partial charge >= 0.3 is 0 Å². The Bertz CT molecular complexity index is 239. The molecule has 1 aliphatic rings. The molecule has 17 heavy (non-hydrogen) atoms. The first kappa shape index (κ1) is 17.0. The van der Waals surface area contributed by atoms with E-state index in [2.05, 4.69) is 43.0 Å². The normalized spacial score (nSPS) is 18.1. The van der Waals surface area contributed by atoms with Crippen molar-refractivity contribution in [2.75, 3.05) is 20.1 Å². The lowest BCUT2D eigenvalue weighted by molar-refractivity contribution is 0.248. The van der Waals surface area contributed by atoms with Crippen molar-refractivity contribution in [3.05, 3.63) is 0 Å². The van der Waals surface area contributed by atoms with Crippen molar-refractivity contribution < 1.29 is 0 Å². The van der Waals surface area contributed by atoms with Crippen LogP contribution in [-0.2, 0) is 0 Å². The average Bonchev–Trinajstić information content (AvgIpc) is 3.05. The number of likely N-dealkylation sites (N-methyl/N-ethyl adjacent to an activating group) is 1. The van der Waals surface area contributed by atoms with E-state index in [0.29, 0.717) is 17.9 Å². The molecule has 0 aliphatic heterocycles. The van der Waals surface area contributed by atoms with E-state index >= 15 is 0 Å². The first-order chi connectivity index (χ1) is 7.50. The summed E-state index contributed by atoms with van der Waals surface area (Å²) in [5, 5.41) is 3.19. The molecule has 1 fully saturated rings. The van der Waals surface area contributed by atoms with Crippen molar-refractivity contribution in [1.29, 1.82) is 0 Å². The lowest BCUT2D eigenvalue weighted by Gasteiger charge is -2.24. The van der Waals surface area contributed by atoms with Crippen molar-refractivity contribution in [3.63, 3.8) is 0 Å². The molecular weight excluding hydrogens is 327 g/mol. The number of guanidine groups is 1. The molecule has 0 spiro atoms. The zero-order chi connectivity index (χ0) is 12.1. The van der Waals surface area contributed by atoms with Gasteiger partial charge in [-0.3, -0.25) is 9.89 Å². The molecule has 3 N–H and O–H groups in total. The highest BCUT2D eigenvalue weighted by atomic mass is 127. The highest BCUT2D eigenvalue weighted by molar-refractivity contribution is 14.0. The van der Waals surface area contributed by atoms with E-state index < -0.39 is 0 Å². The van der Waals surface area contributed by atoms with Crippen LogP contribution in [-0.4, -0.2) is 43.1 Å². The van der Waals surface area contributed by atoms with Gasteiger partial charge < -0.3 is 11.1 Å². The second kappa shape index (κ2) is 8.13. The van der Waals surface area contributed by atoms with Crippen LogP contribution >= 0.6 is 24.0 Å². The fourth-order valence-corrected chi connectivity index (χ4v) is 1.57. The van der Waals surface area contributed by atoms with Crippen LogP contribution in [0.15, 0.2) is 4.99 Å².